The Morgan fingerprint density at radius 3 is 2.67 bits per heavy atom. The Labute approximate surface area is 104 Å². The number of rotatable bonds is 3. The van der Waals surface area contributed by atoms with E-state index < -0.39 is 0 Å². The van der Waals surface area contributed by atoms with Crippen LogP contribution in [0.2, 0.25) is 0 Å². The summed E-state index contributed by atoms with van der Waals surface area (Å²) in [6.45, 7) is 1.98. The predicted octanol–water partition coefficient (Wildman–Crippen LogP) is 3.56. The van der Waals surface area contributed by atoms with Crippen LogP contribution in [0, 0.1) is 0 Å². The van der Waals surface area contributed by atoms with Crippen LogP contribution in [0.25, 0.3) is 22.8 Å². The number of hydrogen-bond donors (Lipinski definition) is 0. The lowest BCUT2D eigenvalue weighted by atomic mass is 10.1. The number of aromatic nitrogens is 2. The standard InChI is InChI=1S/C14H12N2O2/c1-2-13-15-16-14(18-13)11-6-3-5-10(9-11)12-7-4-8-17-12/h3-9H,2H2,1H3. The van der Waals surface area contributed by atoms with Crippen molar-refractivity contribution in [3.05, 3.63) is 48.6 Å². The van der Waals surface area contributed by atoms with E-state index in [0.29, 0.717) is 11.8 Å². The maximum atomic E-state index is 5.54. The summed E-state index contributed by atoms with van der Waals surface area (Å²) in [5.74, 6) is 2.01. The zero-order chi connectivity index (χ0) is 12.4. The maximum absolute atomic E-state index is 5.54. The van der Waals surface area contributed by atoms with Gasteiger partial charge >= 0.3 is 0 Å². The van der Waals surface area contributed by atoms with E-state index in [-0.39, 0.29) is 0 Å². The first kappa shape index (κ1) is 10.8. The summed E-state index contributed by atoms with van der Waals surface area (Å²) < 4.78 is 10.9. The molecular formula is C14H12N2O2. The lowest BCUT2D eigenvalue weighted by Gasteiger charge is -1.99. The van der Waals surface area contributed by atoms with Crippen LogP contribution >= 0.6 is 0 Å². The van der Waals surface area contributed by atoms with Crippen LogP contribution in [-0.4, -0.2) is 10.2 Å². The molecule has 0 unspecified atom stereocenters. The Kier molecular flexibility index (Phi) is 2.68. The van der Waals surface area contributed by atoms with Gasteiger partial charge in [-0.25, -0.2) is 0 Å². The Bertz CT molecular complexity index is 641. The molecule has 18 heavy (non-hydrogen) atoms. The van der Waals surface area contributed by atoms with Crippen LogP contribution in [0.3, 0.4) is 0 Å². The van der Waals surface area contributed by atoms with Gasteiger partial charge in [-0.15, -0.1) is 10.2 Å². The van der Waals surface area contributed by atoms with Gasteiger partial charge in [0.05, 0.1) is 6.26 Å². The molecule has 0 aliphatic heterocycles. The number of furan rings is 1. The van der Waals surface area contributed by atoms with E-state index in [1.807, 2.05) is 43.3 Å². The van der Waals surface area contributed by atoms with Crippen LogP contribution in [-0.2, 0) is 6.42 Å². The molecule has 2 heterocycles. The summed E-state index contributed by atoms with van der Waals surface area (Å²) in [7, 11) is 0. The topological polar surface area (TPSA) is 52.1 Å². The van der Waals surface area contributed by atoms with Crippen molar-refractivity contribution in [3.63, 3.8) is 0 Å². The minimum absolute atomic E-state index is 0.542. The van der Waals surface area contributed by atoms with Gasteiger partial charge in [0, 0.05) is 17.5 Å². The molecule has 3 aromatic rings. The first-order chi connectivity index (χ1) is 8.86. The van der Waals surface area contributed by atoms with Crippen molar-refractivity contribution in [1.82, 2.24) is 10.2 Å². The molecule has 0 atom stereocenters. The van der Waals surface area contributed by atoms with Gasteiger partial charge in [-0.3, -0.25) is 0 Å². The van der Waals surface area contributed by atoms with Gasteiger partial charge in [0.2, 0.25) is 11.8 Å². The highest BCUT2D eigenvalue weighted by atomic mass is 16.4. The van der Waals surface area contributed by atoms with E-state index in [1.165, 1.54) is 0 Å². The fourth-order valence-corrected chi connectivity index (χ4v) is 1.76. The van der Waals surface area contributed by atoms with Crippen LogP contribution in [0.1, 0.15) is 12.8 Å². The molecule has 3 rings (SSSR count). The van der Waals surface area contributed by atoms with Crippen molar-refractivity contribution in [3.8, 4) is 22.8 Å². The average Bonchev–Trinajstić information content (AvgIpc) is 3.10. The van der Waals surface area contributed by atoms with E-state index in [9.17, 15) is 0 Å². The molecule has 0 spiro atoms. The quantitative estimate of drug-likeness (QED) is 0.702. The van der Waals surface area contributed by atoms with E-state index in [0.717, 1.165) is 23.3 Å². The van der Waals surface area contributed by atoms with Gasteiger partial charge in [0.1, 0.15) is 5.76 Å². The van der Waals surface area contributed by atoms with Gasteiger partial charge in [0.25, 0.3) is 0 Å². The number of hydrogen-bond acceptors (Lipinski definition) is 4. The molecule has 0 radical (unpaired) electrons. The van der Waals surface area contributed by atoms with Crippen LogP contribution in [0.15, 0.2) is 51.5 Å². The maximum Gasteiger partial charge on any atom is 0.247 e. The molecular weight excluding hydrogens is 228 g/mol. The Balaban J connectivity index is 2.00. The van der Waals surface area contributed by atoms with Crippen molar-refractivity contribution in [2.75, 3.05) is 0 Å². The largest absolute Gasteiger partial charge is 0.464 e. The first-order valence-electron chi connectivity index (χ1n) is 5.83. The lowest BCUT2D eigenvalue weighted by molar-refractivity contribution is 0.513. The fourth-order valence-electron chi connectivity index (χ4n) is 1.76. The van der Waals surface area contributed by atoms with Crippen molar-refractivity contribution >= 4 is 0 Å². The van der Waals surface area contributed by atoms with Crippen LogP contribution in [0.5, 0.6) is 0 Å². The SMILES string of the molecule is CCc1nnc(-c2cccc(-c3ccco3)c2)o1. The van der Waals surface area contributed by atoms with Crippen LogP contribution in [0.4, 0.5) is 0 Å². The second-order valence-corrected chi connectivity index (χ2v) is 3.91. The molecule has 0 bridgehead atoms. The lowest BCUT2D eigenvalue weighted by Crippen LogP contribution is -1.80. The Morgan fingerprint density at radius 1 is 1.06 bits per heavy atom. The molecule has 1 aromatic carbocycles. The molecule has 0 fully saturated rings. The van der Waals surface area contributed by atoms with Gasteiger partial charge in [0.15, 0.2) is 0 Å². The highest BCUT2D eigenvalue weighted by molar-refractivity contribution is 5.66. The second kappa shape index (κ2) is 4.49. The Hall–Kier alpha value is -2.36. The number of aryl methyl sites for hydroxylation is 1. The third-order valence-electron chi connectivity index (χ3n) is 2.68. The van der Waals surface area contributed by atoms with Crippen molar-refractivity contribution in [2.45, 2.75) is 13.3 Å². The molecule has 0 saturated heterocycles. The summed E-state index contributed by atoms with van der Waals surface area (Å²) in [5, 5.41) is 8.00. The normalized spacial score (nSPS) is 10.7. The minimum Gasteiger partial charge on any atom is -0.464 e. The van der Waals surface area contributed by atoms with Gasteiger partial charge in [-0.05, 0) is 24.3 Å². The molecule has 0 saturated carbocycles. The first-order valence-corrected chi connectivity index (χ1v) is 5.83. The van der Waals surface area contributed by atoms with E-state index in [1.54, 1.807) is 6.26 Å². The predicted molar refractivity (Wildman–Crippen MR) is 66.8 cm³/mol. The minimum atomic E-state index is 0.542. The fraction of sp³-hybridized carbons (Fsp3) is 0.143. The van der Waals surface area contributed by atoms with Gasteiger partial charge < -0.3 is 8.83 Å². The number of benzene rings is 1. The smallest absolute Gasteiger partial charge is 0.247 e. The molecule has 2 aromatic heterocycles. The third-order valence-corrected chi connectivity index (χ3v) is 2.68. The molecule has 0 N–H and O–H groups in total. The zero-order valence-corrected chi connectivity index (χ0v) is 9.96. The van der Waals surface area contributed by atoms with Crippen molar-refractivity contribution in [2.24, 2.45) is 0 Å². The summed E-state index contributed by atoms with van der Waals surface area (Å²) in [6.07, 6.45) is 2.40. The summed E-state index contributed by atoms with van der Waals surface area (Å²) >= 11 is 0. The third kappa shape index (κ3) is 1.93. The molecule has 90 valence electrons. The van der Waals surface area contributed by atoms with Crippen molar-refractivity contribution < 1.29 is 8.83 Å². The van der Waals surface area contributed by atoms with E-state index in [2.05, 4.69) is 10.2 Å². The summed E-state index contributed by atoms with van der Waals surface area (Å²) in [4.78, 5) is 0. The molecule has 0 aliphatic rings. The summed E-state index contributed by atoms with van der Waals surface area (Å²) in [5.41, 5.74) is 1.89. The average molecular weight is 240 g/mol. The second-order valence-electron chi connectivity index (χ2n) is 3.91. The molecule has 0 amide bonds. The molecule has 4 nitrogen and oxygen atoms in total. The Morgan fingerprint density at radius 2 is 1.94 bits per heavy atom. The van der Waals surface area contributed by atoms with E-state index in [4.69, 9.17) is 8.83 Å². The molecule has 0 aliphatic carbocycles. The van der Waals surface area contributed by atoms with Gasteiger partial charge in [-0.1, -0.05) is 19.1 Å². The highest BCUT2D eigenvalue weighted by Crippen LogP contribution is 2.25. The van der Waals surface area contributed by atoms with E-state index >= 15 is 0 Å². The van der Waals surface area contributed by atoms with Crippen molar-refractivity contribution in [1.29, 1.82) is 0 Å². The summed E-state index contributed by atoms with van der Waals surface area (Å²) in [6, 6.07) is 11.6. The highest BCUT2D eigenvalue weighted by Gasteiger charge is 2.09. The van der Waals surface area contributed by atoms with Gasteiger partial charge in [-0.2, -0.15) is 0 Å². The number of nitrogens with zero attached hydrogens (tertiary/aromatic N) is 2. The monoisotopic (exact) mass is 240 g/mol. The van der Waals surface area contributed by atoms with Crippen LogP contribution < -0.4 is 0 Å². The zero-order valence-electron chi connectivity index (χ0n) is 9.96. The molecule has 4 heteroatoms.